The number of rotatable bonds is 76. The summed E-state index contributed by atoms with van der Waals surface area (Å²) in [5.41, 5.74) is 0. The van der Waals surface area contributed by atoms with Gasteiger partial charge in [-0.3, -0.25) is 37.3 Å². The summed E-state index contributed by atoms with van der Waals surface area (Å²) in [5, 5.41) is 10.6. The Balaban J connectivity index is 5.18. The number of esters is 4. The summed E-state index contributed by atoms with van der Waals surface area (Å²) in [5.74, 6) is -2.12. The molecular formula is C75H146O17P2. The zero-order chi connectivity index (χ0) is 69.0. The smallest absolute Gasteiger partial charge is 0.462 e. The SMILES string of the molecule is CCCCCCCCCCCCCCCCCCCCCCC(=O)O[C@H](COC(=O)CCCCCCCCCCCCCCCC)COP(=O)(O)OC[C@@H](O)COP(=O)(O)OC[C@@H](COC(=O)CCCCCCCCCC)OC(=O)CCCCCCCCCCCCCC. The van der Waals surface area contributed by atoms with E-state index in [1.807, 2.05) is 0 Å². The van der Waals surface area contributed by atoms with E-state index in [-0.39, 0.29) is 25.7 Å². The molecule has 2 unspecified atom stereocenters. The average molecular weight is 1380 g/mol. The van der Waals surface area contributed by atoms with E-state index in [4.69, 9.17) is 37.0 Å². The van der Waals surface area contributed by atoms with Gasteiger partial charge in [0.25, 0.3) is 0 Å². The lowest BCUT2D eigenvalue weighted by Gasteiger charge is -2.21. The van der Waals surface area contributed by atoms with Crippen molar-refractivity contribution in [3.63, 3.8) is 0 Å². The molecule has 3 N–H and O–H groups in total. The molecule has 0 heterocycles. The van der Waals surface area contributed by atoms with E-state index in [0.717, 1.165) is 96.3 Å². The fourth-order valence-corrected chi connectivity index (χ4v) is 13.2. The van der Waals surface area contributed by atoms with Crippen molar-refractivity contribution >= 4 is 39.5 Å². The molecule has 0 aromatic rings. The van der Waals surface area contributed by atoms with Crippen LogP contribution in [0.4, 0.5) is 0 Å². The monoisotopic (exact) mass is 1380 g/mol. The van der Waals surface area contributed by atoms with Gasteiger partial charge in [-0.25, -0.2) is 9.13 Å². The van der Waals surface area contributed by atoms with E-state index in [9.17, 15) is 43.2 Å². The van der Waals surface area contributed by atoms with Crippen LogP contribution in [0.15, 0.2) is 0 Å². The molecule has 0 aromatic carbocycles. The lowest BCUT2D eigenvalue weighted by atomic mass is 10.0. The lowest BCUT2D eigenvalue weighted by Crippen LogP contribution is -2.30. The second-order valence-electron chi connectivity index (χ2n) is 27.0. The van der Waals surface area contributed by atoms with Gasteiger partial charge in [-0.05, 0) is 25.7 Å². The third-order valence-electron chi connectivity index (χ3n) is 17.6. The van der Waals surface area contributed by atoms with E-state index < -0.39 is 97.5 Å². The van der Waals surface area contributed by atoms with Crippen molar-refractivity contribution in [2.45, 2.75) is 418 Å². The minimum Gasteiger partial charge on any atom is -0.462 e. The lowest BCUT2D eigenvalue weighted by molar-refractivity contribution is -0.161. The Bertz CT molecular complexity index is 1790. The van der Waals surface area contributed by atoms with Gasteiger partial charge >= 0.3 is 39.5 Å². The van der Waals surface area contributed by atoms with Crippen LogP contribution in [0.5, 0.6) is 0 Å². The van der Waals surface area contributed by atoms with E-state index in [1.165, 1.54) is 225 Å². The van der Waals surface area contributed by atoms with Gasteiger partial charge in [0.2, 0.25) is 0 Å². The molecule has 0 aliphatic rings. The Morgan fingerprint density at radius 3 is 0.628 bits per heavy atom. The molecule has 0 saturated carbocycles. The third kappa shape index (κ3) is 68.6. The molecule has 5 atom stereocenters. The van der Waals surface area contributed by atoms with Crippen LogP contribution in [0.1, 0.15) is 400 Å². The van der Waals surface area contributed by atoms with Crippen molar-refractivity contribution in [2.24, 2.45) is 0 Å². The van der Waals surface area contributed by atoms with E-state index in [0.29, 0.717) is 25.7 Å². The Morgan fingerprint density at radius 2 is 0.426 bits per heavy atom. The Morgan fingerprint density at radius 1 is 0.255 bits per heavy atom. The highest BCUT2D eigenvalue weighted by Crippen LogP contribution is 2.45. The first kappa shape index (κ1) is 92.1. The first-order chi connectivity index (χ1) is 45.7. The molecule has 0 amide bonds. The molecule has 19 heteroatoms. The van der Waals surface area contributed by atoms with Crippen molar-refractivity contribution in [2.75, 3.05) is 39.6 Å². The first-order valence-electron chi connectivity index (χ1n) is 39.3. The number of hydrogen-bond acceptors (Lipinski definition) is 15. The number of ether oxygens (including phenoxy) is 4. The van der Waals surface area contributed by atoms with Crippen molar-refractivity contribution in [1.29, 1.82) is 0 Å². The molecule has 0 spiro atoms. The molecule has 0 rings (SSSR count). The Kier molecular flexibility index (Phi) is 68.1. The van der Waals surface area contributed by atoms with Gasteiger partial charge in [-0.1, -0.05) is 349 Å². The second kappa shape index (κ2) is 69.5. The van der Waals surface area contributed by atoms with Crippen LogP contribution in [0.2, 0.25) is 0 Å². The highest BCUT2D eigenvalue weighted by molar-refractivity contribution is 7.47. The highest BCUT2D eigenvalue weighted by atomic mass is 31.2. The van der Waals surface area contributed by atoms with Crippen LogP contribution in [-0.2, 0) is 65.4 Å². The second-order valence-corrected chi connectivity index (χ2v) is 29.9. The topological polar surface area (TPSA) is 237 Å². The fraction of sp³-hybridized carbons (Fsp3) is 0.947. The molecule has 17 nitrogen and oxygen atoms in total. The standard InChI is InChI=1S/C75H146O17P2/c1-5-9-13-17-21-25-28-31-33-34-35-36-37-38-40-43-46-50-54-58-62-75(80)92-71(66-86-73(78)60-56-52-48-44-42-39-32-29-26-22-18-14-10-6-2)68-90-94(83,84)88-64-69(76)63-87-93(81,82)89-67-70(65-85-72(77)59-55-51-47-24-20-16-12-8-4)91-74(79)61-57-53-49-45-41-30-27-23-19-15-11-7-3/h69-71,76H,5-68H2,1-4H3,(H,81,82)(H,83,84)/t69-,70+,71+/m0/s1. The summed E-state index contributed by atoms with van der Waals surface area (Å²) in [6.07, 6.45) is 59.7. The zero-order valence-corrected chi connectivity index (χ0v) is 62.7. The van der Waals surface area contributed by atoms with Gasteiger partial charge in [0.05, 0.1) is 26.4 Å². The van der Waals surface area contributed by atoms with Crippen LogP contribution in [0.3, 0.4) is 0 Å². The minimum atomic E-state index is -4.95. The first-order valence-corrected chi connectivity index (χ1v) is 42.3. The number of hydrogen-bond donors (Lipinski definition) is 3. The summed E-state index contributed by atoms with van der Waals surface area (Å²) in [4.78, 5) is 72.7. The van der Waals surface area contributed by atoms with Crippen LogP contribution in [0.25, 0.3) is 0 Å². The van der Waals surface area contributed by atoms with Gasteiger partial charge in [-0.15, -0.1) is 0 Å². The number of phosphoric acid groups is 2. The third-order valence-corrected chi connectivity index (χ3v) is 19.5. The Labute approximate surface area is 575 Å². The van der Waals surface area contributed by atoms with Crippen molar-refractivity contribution in [3.8, 4) is 0 Å². The van der Waals surface area contributed by atoms with Crippen LogP contribution in [0, 0.1) is 0 Å². The maximum absolute atomic E-state index is 13.1. The molecule has 558 valence electrons. The zero-order valence-electron chi connectivity index (χ0n) is 60.9. The molecule has 0 aliphatic carbocycles. The van der Waals surface area contributed by atoms with E-state index >= 15 is 0 Å². The predicted octanol–water partition coefficient (Wildman–Crippen LogP) is 22.2. The van der Waals surface area contributed by atoms with Crippen LogP contribution in [-0.4, -0.2) is 96.7 Å². The van der Waals surface area contributed by atoms with Gasteiger partial charge < -0.3 is 33.8 Å². The van der Waals surface area contributed by atoms with Crippen molar-refractivity contribution in [3.05, 3.63) is 0 Å². The number of carbonyl (C=O) groups is 4. The number of aliphatic hydroxyl groups is 1. The molecule has 0 radical (unpaired) electrons. The number of carbonyl (C=O) groups excluding carboxylic acids is 4. The summed E-state index contributed by atoms with van der Waals surface area (Å²) >= 11 is 0. The fourth-order valence-electron chi connectivity index (χ4n) is 11.6. The molecule has 0 saturated heterocycles. The van der Waals surface area contributed by atoms with Crippen LogP contribution < -0.4 is 0 Å². The predicted molar refractivity (Wildman–Crippen MR) is 382 cm³/mol. The van der Waals surface area contributed by atoms with E-state index in [2.05, 4.69) is 27.7 Å². The minimum absolute atomic E-state index is 0.108. The molecule has 94 heavy (non-hydrogen) atoms. The van der Waals surface area contributed by atoms with Gasteiger partial charge in [0.15, 0.2) is 12.2 Å². The normalized spacial score (nSPS) is 13.9. The summed E-state index contributed by atoms with van der Waals surface area (Å²) in [6.45, 7) is 4.96. The molecule has 0 aromatic heterocycles. The van der Waals surface area contributed by atoms with Gasteiger partial charge in [0, 0.05) is 25.7 Å². The number of aliphatic hydroxyl groups excluding tert-OH is 1. The molecular weight excluding hydrogens is 1230 g/mol. The summed E-state index contributed by atoms with van der Waals surface area (Å²) < 4.78 is 68.4. The maximum atomic E-state index is 13.1. The van der Waals surface area contributed by atoms with Gasteiger partial charge in [-0.2, -0.15) is 0 Å². The highest BCUT2D eigenvalue weighted by Gasteiger charge is 2.30. The van der Waals surface area contributed by atoms with Gasteiger partial charge in [0.1, 0.15) is 19.3 Å². The largest absolute Gasteiger partial charge is 0.472 e. The molecule has 0 fully saturated rings. The van der Waals surface area contributed by atoms with E-state index in [1.54, 1.807) is 0 Å². The number of unbranched alkanes of at least 4 members (excludes halogenated alkanes) is 50. The average Bonchev–Trinajstić information content (AvgIpc) is 2.11. The van der Waals surface area contributed by atoms with Crippen LogP contribution >= 0.6 is 15.6 Å². The molecule has 0 aliphatic heterocycles. The summed E-state index contributed by atoms with van der Waals surface area (Å²) in [7, 11) is -9.90. The number of phosphoric ester groups is 2. The Hall–Kier alpha value is -1.94. The van der Waals surface area contributed by atoms with Crippen molar-refractivity contribution < 1.29 is 80.2 Å². The maximum Gasteiger partial charge on any atom is 0.472 e. The van der Waals surface area contributed by atoms with Crippen molar-refractivity contribution in [1.82, 2.24) is 0 Å². The summed E-state index contributed by atoms with van der Waals surface area (Å²) in [6, 6.07) is 0. The molecule has 0 bridgehead atoms. The quantitative estimate of drug-likeness (QED) is 0.0222.